The van der Waals surface area contributed by atoms with E-state index in [0.717, 1.165) is 0 Å². The molecule has 3 rings (SSSR count). The Kier molecular flexibility index (Phi) is 8.11. The highest BCUT2D eigenvalue weighted by Gasteiger charge is 2.29. The van der Waals surface area contributed by atoms with E-state index in [4.69, 9.17) is 16.3 Å². The summed E-state index contributed by atoms with van der Waals surface area (Å²) in [7, 11) is -3.06. The number of hydrogen-bond donors (Lipinski definition) is 2. The molecule has 1 aliphatic rings. The lowest BCUT2D eigenvalue weighted by molar-refractivity contribution is -0.123. The summed E-state index contributed by atoms with van der Waals surface area (Å²) < 4.78 is 28.8. The second-order valence-electron chi connectivity index (χ2n) is 7.58. The first-order valence-corrected chi connectivity index (χ1v) is 12.5. The number of para-hydroxylation sites is 1. The van der Waals surface area contributed by atoms with Crippen LogP contribution in [0.2, 0.25) is 5.02 Å². The van der Waals surface area contributed by atoms with Crippen molar-refractivity contribution in [1.82, 2.24) is 10.2 Å². The van der Waals surface area contributed by atoms with Crippen LogP contribution >= 0.6 is 11.6 Å². The molecule has 2 aromatic rings. The summed E-state index contributed by atoms with van der Waals surface area (Å²) in [6.07, 6.45) is 0.427. The van der Waals surface area contributed by atoms with Gasteiger partial charge in [-0.3, -0.25) is 14.5 Å². The van der Waals surface area contributed by atoms with Gasteiger partial charge < -0.3 is 15.4 Å². The van der Waals surface area contributed by atoms with Crippen molar-refractivity contribution in [1.29, 1.82) is 0 Å². The third-order valence-electron chi connectivity index (χ3n) is 4.98. The molecule has 10 heteroatoms. The Labute approximate surface area is 192 Å². The van der Waals surface area contributed by atoms with Gasteiger partial charge in [0.1, 0.15) is 11.5 Å². The molecule has 0 aromatic heterocycles. The molecule has 172 valence electrons. The number of carbonyl (C=O) groups is 2. The summed E-state index contributed by atoms with van der Waals surface area (Å²) in [5.41, 5.74) is 0.596. The number of carbonyl (C=O) groups excluding carboxylic acids is 2. The van der Waals surface area contributed by atoms with Gasteiger partial charge in [0.05, 0.1) is 29.6 Å². The number of anilines is 1. The Morgan fingerprint density at radius 3 is 2.41 bits per heavy atom. The van der Waals surface area contributed by atoms with Crippen molar-refractivity contribution in [3.8, 4) is 11.5 Å². The van der Waals surface area contributed by atoms with E-state index in [1.54, 1.807) is 41.3 Å². The van der Waals surface area contributed by atoms with Gasteiger partial charge in [-0.1, -0.05) is 30.7 Å². The maximum absolute atomic E-state index is 12.4. The smallest absolute Gasteiger partial charge is 0.238 e. The van der Waals surface area contributed by atoms with Gasteiger partial charge in [0.15, 0.2) is 9.84 Å². The molecule has 1 saturated heterocycles. The van der Waals surface area contributed by atoms with Crippen LogP contribution in [0.25, 0.3) is 0 Å². The average Bonchev–Trinajstić information content (AvgIpc) is 3.08. The van der Waals surface area contributed by atoms with Crippen molar-refractivity contribution >= 4 is 38.9 Å². The highest BCUT2D eigenvalue weighted by atomic mass is 35.5. The minimum atomic E-state index is -3.06. The summed E-state index contributed by atoms with van der Waals surface area (Å²) in [6, 6.07) is 13.7. The largest absolute Gasteiger partial charge is 0.456 e. The maximum Gasteiger partial charge on any atom is 0.238 e. The van der Waals surface area contributed by atoms with Gasteiger partial charge in [0.2, 0.25) is 11.8 Å². The normalized spacial score (nSPS) is 17.2. The lowest BCUT2D eigenvalue weighted by Gasteiger charge is -2.20. The monoisotopic (exact) mass is 479 g/mol. The van der Waals surface area contributed by atoms with Crippen LogP contribution in [0.3, 0.4) is 0 Å². The van der Waals surface area contributed by atoms with E-state index in [1.807, 2.05) is 19.1 Å². The zero-order chi connectivity index (χ0) is 23.1. The van der Waals surface area contributed by atoms with Crippen molar-refractivity contribution in [2.75, 3.05) is 36.5 Å². The molecule has 1 atom stereocenters. The van der Waals surface area contributed by atoms with E-state index in [9.17, 15) is 18.0 Å². The van der Waals surface area contributed by atoms with Crippen LogP contribution in [-0.2, 0) is 19.4 Å². The quantitative estimate of drug-likeness (QED) is 0.573. The molecule has 32 heavy (non-hydrogen) atoms. The molecule has 2 aromatic carbocycles. The summed E-state index contributed by atoms with van der Waals surface area (Å²) in [5.74, 6) is 0.641. The van der Waals surface area contributed by atoms with Gasteiger partial charge in [-0.15, -0.1) is 0 Å². The second-order valence-corrected chi connectivity index (χ2v) is 10.2. The lowest BCUT2D eigenvalue weighted by atomic mass is 10.2. The first-order chi connectivity index (χ1) is 15.2. The van der Waals surface area contributed by atoms with Gasteiger partial charge in [0, 0.05) is 11.7 Å². The van der Waals surface area contributed by atoms with Gasteiger partial charge in [-0.25, -0.2) is 8.42 Å². The first-order valence-electron chi connectivity index (χ1n) is 10.3. The van der Waals surface area contributed by atoms with E-state index >= 15 is 0 Å². The van der Waals surface area contributed by atoms with Gasteiger partial charge in [-0.2, -0.15) is 0 Å². The number of nitrogens with zero attached hydrogens (tertiary/aromatic N) is 1. The van der Waals surface area contributed by atoms with E-state index in [-0.39, 0.29) is 42.5 Å². The molecule has 0 saturated carbocycles. The number of ether oxygens (including phenoxy) is 1. The molecule has 1 heterocycles. The molecular formula is C22H26ClN3O5S. The van der Waals surface area contributed by atoms with Crippen molar-refractivity contribution in [3.63, 3.8) is 0 Å². The predicted octanol–water partition coefficient (Wildman–Crippen LogP) is 2.70. The predicted molar refractivity (Wildman–Crippen MR) is 124 cm³/mol. The number of amides is 2. The second kappa shape index (κ2) is 10.8. The fourth-order valence-corrected chi connectivity index (χ4v) is 5.18. The number of halogens is 1. The van der Waals surface area contributed by atoms with E-state index in [2.05, 4.69) is 10.6 Å². The Bertz CT molecular complexity index is 1060. The van der Waals surface area contributed by atoms with Crippen molar-refractivity contribution in [3.05, 3.63) is 53.6 Å². The lowest BCUT2D eigenvalue weighted by Crippen LogP contribution is -2.44. The Morgan fingerprint density at radius 1 is 1.09 bits per heavy atom. The molecule has 2 amide bonds. The maximum atomic E-state index is 12.4. The summed E-state index contributed by atoms with van der Waals surface area (Å²) in [5, 5.41) is 6.03. The standard InChI is InChI=1S/C22H26ClN3O5S/c1-2-26(14-22(28)25-17-11-12-32(29,30)15-17)13-21(27)24-16-7-9-18(10-8-16)31-20-6-4-3-5-19(20)23/h3-10,17H,2,11-15H2,1H3,(H,24,27)(H,25,28). The minimum absolute atomic E-state index is 0.0189. The molecule has 1 unspecified atom stereocenters. The molecule has 0 aliphatic carbocycles. The highest BCUT2D eigenvalue weighted by molar-refractivity contribution is 7.91. The molecular weight excluding hydrogens is 454 g/mol. The number of likely N-dealkylation sites (N-methyl/N-ethyl adjacent to an activating group) is 1. The zero-order valence-electron chi connectivity index (χ0n) is 17.7. The molecule has 8 nitrogen and oxygen atoms in total. The molecule has 0 spiro atoms. The number of hydrogen-bond acceptors (Lipinski definition) is 6. The highest BCUT2D eigenvalue weighted by Crippen LogP contribution is 2.29. The SMILES string of the molecule is CCN(CC(=O)Nc1ccc(Oc2ccccc2Cl)cc1)CC(=O)NC1CCS(=O)(=O)C1. The van der Waals surface area contributed by atoms with Crippen molar-refractivity contribution in [2.45, 2.75) is 19.4 Å². The van der Waals surface area contributed by atoms with Crippen molar-refractivity contribution < 1.29 is 22.7 Å². The Hall–Kier alpha value is -2.62. The Balaban J connectivity index is 1.47. The van der Waals surface area contributed by atoms with Crippen LogP contribution in [0.5, 0.6) is 11.5 Å². The fourth-order valence-electron chi connectivity index (χ4n) is 3.33. The third-order valence-corrected chi connectivity index (χ3v) is 7.06. The van der Waals surface area contributed by atoms with E-state index < -0.39 is 9.84 Å². The van der Waals surface area contributed by atoms with Crippen LogP contribution in [0, 0.1) is 0 Å². The summed E-state index contributed by atoms with van der Waals surface area (Å²) >= 11 is 6.09. The summed E-state index contributed by atoms with van der Waals surface area (Å²) in [6.45, 7) is 2.39. The fraction of sp³-hybridized carbons (Fsp3) is 0.364. The van der Waals surface area contributed by atoms with Crippen LogP contribution in [0.4, 0.5) is 5.69 Å². The van der Waals surface area contributed by atoms with Crippen LogP contribution in [0.15, 0.2) is 48.5 Å². The molecule has 1 aliphatic heterocycles. The minimum Gasteiger partial charge on any atom is -0.456 e. The van der Waals surface area contributed by atoms with Crippen molar-refractivity contribution in [2.24, 2.45) is 0 Å². The van der Waals surface area contributed by atoms with Gasteiger partial charge in [-0.05, 0) is 49.4 Å². The van der Waals surface area contributed by atoms with E-state index in [1.165, 1.54) is 0 Å². The van der Waals surface area contributed by atoms with E-state index in [0.29, 0.717) is 35.2 Å². The van der Waals surface area contributed by atoms with Crippen LogP contribution in [0.1, 0.15) is 13.3 Å². The average molecular weight is 480 g/mol. The first kappa shape index (κ1) is 24.0. The van der Waals surface area contributed by atoms with Gasteiger partial charge in [0.25, 0.3) is 0 Å². The number of benzene rings is 2. The van der Waals surface area contributed by atoms with Gasteiger partial charge >= 0.3 is 0 Å². The number of nitrogens with one attached hydrogen (secondary N) is 2. The zero-order valence-corrected chi connectivity index (χ0v) is 19.3. The Morgan fingerprint density at radius 2 is 1.78 bits per heavy atom. The number of sulfone groups is 1. The molecule has 2 N–H and O–H groups in total. The topological polar surface area (TPSA) is 105 Å². The molecule has 0 radical (unpaired) electrons. The molecule has 0 bridgehead atoms. The third kappa shape index (κ3) is 7.22. The molecule has 1 fully saturated rings. The number of rotatable bonds is 9. The van der Waals surface area contributed by atoms with Crippen LogP contribution < -0.4 is 15.4 Å². The summed E-state index contributed by atoms with van der Waals surface area (Å²) in [4.78, 5) is 26.3. The van der Waals surface area contributed by atoms with Crippen LogP contribution in [-0.4, -0.2) is 62.3 Å².